The van der Waals surface area contributed by atoms with Crippen molar-refractivity contribution in [1.82, 2.24) is 15.2 Å². The molecule has 1 aromatic carbocycles. The highest BCUT2D eigenvalue weighted by atomic mass is 35.5. The Morgan fingerprint density at radius 2 is 2.04 bits per heavy atom. The molecule has 4 rings (SSSR count). The Morgan fingerprint density at radius 1 is 1.24 bits per heavy atom. The molecule has 7 heteroatoms. The van der Waals surface area contributed by atoms with Crippen molar-refractivity contribution in [1.29, 1.82) is 0 Å². The molecule has 6 nitrogen and oxygen atoms in total. The highest BCUT2D eigenvalue weighted by Gasteiger charge is 2.26. The first-order chi connectivity index (χ1) is 12.2. The fourth-order valence-corrected chi connectivity index (χ4v) is 2.56. The van der Waals surface area contributed by atoms with E-state index in [1.54, 1.807) is 42.6 Å². The van der Waals surface area contributed by atoms with Crippen molar-refractivity contribution in [2.75, 3.05) is 5.32 Å². The second kappa shape index (κ2) is 6.57. The van der Waals surface area contributed by atoms with Crippen molar-refractivity contribution >= 4 is 23.3 Å². The summed E-state index contributed by atoms with van der Waals surface area (Å²) in [6.45, 7) is 0. The number of rotatable bonds is 5. The van der Waals surface area contributed by atoms with Gasteiger partial charge in [0.25, 0.3) is 5.91 Å². The third-order valence-corrected chi connectivity index (χ3v) is 4.14. The molecule has 2 N–H and O–H groups in total. The van der Waals surface area contributed by atoms with Gasteiger partial charge in [0, 0.05) is 23.2 Å². The zero-order valence-electron chi connectivity index (χ0n) is 13.2. The smallest absolute Gasteiger partial charge is 0.262 e. The first kappa shape index (κ1) is 15.7. The van der Waals surface area contributed by atoms with Crippen LogP contribution in [0.4, 0.5) is 5.82 Å². The first-order valence-electron chi connectivity index (χ1n) is 7.94. The molecule has 1 aliphatic carbocycles. The summed E-state index contributed by atoms with van der Waals surface area (Å²) in [5, 5.41) is 10.5. The average Bonchev–Trinajstić information content (AvgIpc) is 3.37. The van der Waals surface area contributed by atoms with Crippen molar-refractivity contribution in [2.45, 2.75) is 18.8 Å². The van der Waals surface area contributed by atoms with Crippen molar-refractivity contribution in [3.8, 4) is 11.6 Å². The number of H-pyrrole nitrogens is 1. The molecule has 0 aliphatic heterocycles. The molecule has 0 atom stereocenters. The zero-order chi connectivity index (χ0) is 17.2. The van der Waals surface area contributed by atoms with Crippen LogP contribution >= 0.6 is 11.6 Å². The van der Waals surface area contributed by atoms with Gasteiger partial charge in [0.05, 0.1) is 5.69 Å². The number of benzene rings is 1. The van der Waals surface area contributed by atoms with Crippen LogP contribution in [0.2, 0.25) is 5.02 Å². The molecule has 0 bridgehead atoms. The van der Waals surface area contributed by atoms with Crippen molar-refractivity contribution in [3.63, 3.8) is 0 Å². The Balaban J connectivity index is 1.52. The van der Waals surface area contributed by atoms with Gasteiger partial charge in [-0.3, -0.25) is 9.89 Å². The predicted molar refractivity (Wildman–Crippen MR) is 94.3 cm³/mol. The summed E-state index contributed by atoms with van der Waals surface area (Å²) in [6.07, 6.45) is 3.88. The second-order valence-electron chi connectivity index (χ2n) is 5.85. The third-order valence-electron chi connectivity index (χ3n) is 3.89. The van der Waals surface area contributed by atoms with Gasteiger partial charge in [-0.1, -0.05) is 11.6 Å². The van der Waals surface area contributed by atoms with Gasteiger partial charge in [-0.15, -0.1) is 0 Å². The number of pyridine rings is 1. The predicted octanol–water partition coefficient (Wildman–Crippen LogP) is 4.38. The van der Waals surface area contributed by atoms with E-state index < -0.39 is 0 Å². The molecule has 0 spiro atoms. The fraction of sp³-hybridized carbons (Fsp3) is 0.167. The molecule has 3 aromatic rings. The van der Waals surface area contributed by atoms with E-state index in [1.165, 1.54) is 0 Å². The minimum absolute atomic E-state index is 0.226. The summed E-state index contributed by atoms with van der Waals surface area (Å²) >= 11 is 5.87. The normalized spacial score (nSPS) is 13.5. The summed E-state index contributed by atoms with van der Waals surface area (Å²) in [5.41, 5.74) is 1.32. The monoisotopic (exact) mass is 354 g/mol. The molecule has 1 amide bonds. The molecule has 0 saturated heterocycles. The summed E-state index contributed by atoms with van der Waals surface area (Å²) < 4.78 is 5.72. The van der Waals surface area contributed by atoms with E-state index in [1.807, 2.05) is 6.07 Å². The van der Waals surface area contributed by atoms with E-state index in [9.17, 15) is 4.79 Å². The molecule has 1 saturated carbocycles. The lowest BCUT2D eigenvalue weighted by Gasteiger charge is -2.09. The van der Waals surface area contributed by atoms with Crippen molar-refractivity contribution in [3.05, 3.63) is 64.9 Å². The molecule has 0 unspecified atom stereocenters. The molecule has 2 heterocycles. The number of aromatic amines is 1. The summed E-state index contributed by atoms with van der Waals surface area (Å²) in [4.78, 5) is 16.7. The number of amides is 1. The summed E-state index contributed by atoms with van der Waals surface area (Å²) in [6, 6.07) is 12.1. The molecule has 25 heavy (non-hydrogen) atoms. The first-order valence-corrected chi connectivity index (χ1v) is 8.32. The lowest BCUT2D eigenvalue weighted by molar-refractivity contribution is 0.102. The molecule has 0 radical (unpaired) electrons. The number of hydrogen-bond donors (Lipinski definition) is 2. The zero-order valence-corrected chi connectivity index (χ0v) is 14.0. The summed E-state index contributed by atoms with van der Waals surface area (Å²) in [7, 11) is 0. The summed E-state index contributed by atoms with van der Waals surface area (Å²) in [5.74, 6) is 1.54. The van der Waals surface area contributed by atoms with Crippen LogP contribution in [0.3, 0.4) is 0 Å². The SMILES string of the molecule is O=C(Nc1cc(C2CC2)n[nH]1)c1cccnc1Oc1ccc(Cl)cc1. The van der Waals surface area contributed by atoms with Crippen LogP contribution in [0.1, 0.15) is 34.8 Å². The van der Waals surface area contributed by atoms with Gasteiger partial charge < -0.3 is 10.1 Å². The van der Waals surface area contributed by atoms with E-state index in [2.05, 4.69) is 20.5 Å². The molecular formula is C18H15ClN4O2. The van der Waals surface area contributed by atoms with Crippen LogP contribution in [0.15, 0.2) is 48.7 Å². The minimum Gasteiger partial charge on any atom is -0.438 e. The van der Waals surface area contributed by atoms with Crippen molar-refractivity contribution < 1.29 is 9.53 Å². The van der Waals surface area contributed by atoms with E-state index in [0.29, 0.717) is 28.1 Å². The average molecular weight is 355 g/mol. The van der Waals surface area contributed by atoms with Crippen LogP contribution in [0.5, 0.6) is 11.6 Å². The van der Waals surface area contributed by atoms with Crippen LogP contribution in [0, 0.1) is 0 Å². The van der Waals surface area contributed by atoms with Gasteiger partial charge in [-0.25, -0.2) is 4.98 Å². The van der Waals surface area contributed by atoms with Gasteiger partial charge >= 0.3 is 0 Å². The highest BCUT2D eigenvalue weighted by molar-refractivity contribution is 6.30. The van der Waals surface area contributed by atoms with Gasteiger partial charge in [0.15, 0.2) is 0 Å². The number of nitrogens with zero attached hydrogens (tertiary/aromatic N) is 2. The molecular weight excluding hydrogens is 340 g/mol. The Labute approximate surface area is 149 Å². The number of halogens is 1. The van der Waals surface area contributed by atoms with Gasteiger partial charge in [0.1, 0.15) is 17.1 Å². The maximum atomic E-state index is 12.6. The maximum Gasteiger partial charge on any atom is 0.262 e. The number of aromatic nitrogens is 3. The third kappa shape index (κ3) is 3.64. The Kier molecular flexibility index (Phi) is 4.11. The van der Waals surface area contributed by atoms with Gasteiger partial charge in [0.2, 0.25) is 5.88 Å². The van der Waals surface area contributed by atoms with Crippen LogP contribution in [-0.4, -0.2) is 21.1 Å². The number of ether oxygens (including phenoxy) is 1. The number of carbonyl (C=O) groups is 1. The van der Waals surface area contributed by atoms with Crippen LogP contribution in [-0.2, 0) is 0 Å². The highest BCUT2D eigenvalue weighted by Crippen LogP contribution is 2.39. The molecule has 1 fully saturated rings. The van der Waals surface area contributed by atoms with E-state index >= 15 is 0 Å². The Bertz CT molecular complexity index is 903. The van der Waals surface area contributed by atoms with E-state index in [-0.39, 0.29) is 11.8 Å². The number of hydrogen-bond acceptors (Lipinski definition) is 4. The van der Waals surface area contributed by atoms with Gasteiger partial charge in [-0.05, 0) is 49.2 Å². The number of anilines is 1. The van der Waals surface area contributed by atoms with E-state index in [0.717, 1.165) is 18.5 Å². The molecule has 2 aromatic heterocycles. The fourth-order valence-electron chi connectivity index (χ4n) is 2.44. The lowest BCUT2D eigenvalue weighted by atomic mass is 10.2. The quantitative estimate of drug-likeness (QED) is 0.712. The van der Waals surface area contributed by atoms with Crippen molar-refractivity contribution in [2.24, 2.45) is 0 Å². The standard InChI is InChI=1S/C18H15ClN4O2/c19-12-5-7-13(8-6-12)25-18-14(2-1-9-20-18)17(24)21-16-10-15(22-23-16)11-3-4-11/h1-2,5-11H,3-4H2,(H2,21,22,23,24). The van der Waals surface area contributed by atoms with E-state index in [4.69, 9.17) is 16.3 Å². The Morgan fingerprint density at radius 3 is 2.80 bits per heavy atom. The molecule has 126 valence electrons. The number of nitrogens with one attached hydrogen (secondary N) is 2. The van der Waals surface area contributed by atoms with Gasteiger partial charge in [-0.2, -0.15) is 5.10 Å². The lowest BCUT2D eigenvalue weighted by Crippen LogP contribution is -2.13. The van der Waals surface area contributed by atoms with Crippen LogP contribution < -0.4 is 10.1 Å². The molecule has 1 aliphatic rings. The van der Waals surface area contributed by atoms with Crippen LogP contribution in [0.25, 0.3) is 0 Å². The Hall–Kier alpha value is -2.86. The minimum atomic E-state index is -0.317. The topological polar surface area (TPSA) is 79.9 Å². The number of carbonyl (C=O) groups excluding carboxylic acids is 1. The maximum absolute atomic E-state index is 12.6. The largest absolute Gasteiger partial charge is 0.438 e. The second-order valence-corrected chi connectivity index (χ2v) is 6.28.